The van der Waals surface area contributed by atoms with Crippen LogP contribution in [-0.2, 0) is 23.7 Å². The number of rotatable bonds is 19. The van der Waals surface area contributed by atoms with Crippen LogP contribution in [0.25, 0.3) is 35.0 Å². The van der Waals surface area contributed by atoms with Crippen LogP contribution in [0.15, 0.2) is 157 Å². The Morgan fingerprint density at radius 1 is 0.508 bits per heavy atom. The van der Waals surface area contributed by atoms with Gasteiger partial charge in [-0.15, -0.1) is 0 Å². The van der Waals surface area contributed by atoms with Crippen LogP contribution >= 0.6 is 11.6 Å². The lowest BCUT2D eigenvalue weighted by Crippen LogP contribution is -2.40. The number of amides is 5. The quantitative estimate of drug-likeness (QED) is 0.0370. The first-order chi connectivity index (χ1) is 57.5. The number of pyridine rings is 3. The lowest BCUT2D eigenvalue weighted by molar-refractivity contribution is 0.0558. The van der Waals surface area contributed by atoms with E-state index in [1.54, 1.807) is 130 Å². The number of carbonyl (C=O) groups is 5. The summed E-state index contributed by atoms with van der Waals surface area (Å²) in [4.78, 5) is 130. The Hall–Kier alpha value is -13.3. The molecule has 0 aromatic carbocycles. The molecule has 8 N–H and O–H groups in total. The number of carbonyl (C=O) groups excluding carboxylic acids is 5. The summed E-state index contributed by atoms with van der Waals surface area (Å²) in [7, 11) is 9.88. The number of ether oxygens (including phenoxy) is 5. The minimum atomic E-state index is -0.747. The molecule has 634 valence electrons. The highest BCUT2D eigenvalue weighted by Crippen LogP contribution is 2.31. The van der Waals surface area contributed by atoms with Gasteiger partial charge in [0.15, 0.2) is 16.9 Å². The molecule has 3 saturated carbocycles. The fourth-order valence-corrected chi connectivity index (χ4v) is 13.8. The number of methoxy groups -OCH3 is 3. The van der Waals surface area contributed by atoms with E-state index in [-0.39, 0.29) is 140 Å². The summed E-state index contributed by atoms with van der Waals surface area (Å²) in [5.74, 6) is 0.877. The average Bonchev–Trinajstić information content (AvgIpc) is 1.62. The molecule has 120 heavy (non-hydrogen) atoms. The van der Waals surface area contributed by atoms with Crippen molar-refractivity contribution in [2.24, 2.45) is 0 Å². The number of nitrogens with one attached hydrogen (secondary N) is 6. The van der Waals surface area contributed by atoms with Crippen molar-refractivity contribution in [1.82, 2.24) is 88.4 Å². The van der Waals surface area contributed by atoms with Gasteiger partial charge in [-0.1, -0.05) is 11.6 Å². The number of oxazole rings is 3. The molecular weight excluding hydrogens is 1580 g/mol. The topological polar surface area (TPSA) is 471 Å². The van der Waals surface area contributed by atoms with E-state index in [0.717, 1.165) is 70.6 Å². The fourth-order valence-electron chi connectivity index (χ4n) is 13.6. The molecule has 3 aliphatic carbocycles. The van der Waals surface area contributed by atoms with Crippen molar-refractivity contribution >= 4 is 105 Å². The molecule has 3 aliphatic rings. The van der Waals surface area contributed by atoms with Crippen LogP contribution in [0.2, 0.25) is 5.15 Å². The summed E-state index contributed by atoms with van der Waals surface area (Å²) in [6.45, 7) is 10.6. The van der Waals surface area contributed by atoms with Gasteiger partial charge in [-0.05, 0) is 155 Å². The molecule has 41 heteroatoms. The first kappa shape index (κ1) is 86.0. The second kappa shape index (κ2) is 37.9. The molecule has 0 aliphatic heterocycles. The molecule has 0 saturated heterocycles. The Kier molecular flexibility index (Phi) is 27.2. The Morgan fingerprint density at radius 3 is 1.26 bits per heavy atom. The number of aromatic nitrogens is 15. The monoisotopic (exact) mass is 1670 g/mol. The zero-order valence-electron chi connectivity index (χ0n) is 68.2. The van der Waals surface area contributed by atoms with Crippen LogP contribution in [0.3, 0.4) is 0 Å². The highest BCUT2D eigenvalue weighted by Gasteiger charge is 2.32. The predicted molar refractivity (Wildman–Crippen MR) is 442 cm³/mol. The van der Waals surface area contributed by atoms with E-state index in [0.29, 0.717) is 35.1 Å². The van der Waals surface area contributed by atoms with Crippen LogP contribution in [0.5, 0.6) is 0 Å². The maximum Gasteiger partial charge on any atom is 0.415 e. The Balaban J connectivity index is 0.000000155. The Bertz CT molecular complexity index is 5770. The van der Waals surface area contributed by atoms with Gasteiger partial charge in [0.05, 0.1) is 61.2 Å². The van der Waals surface area contributed by atoms with E-state index in [9.17, 15) is 38.4 Å². The summed E-state index contributed by atoms with van der Waals surface area (Å²) < 4.78 is 51.0. The largest absolute Gasteiger partial charge is 0.443 e. The van der Waals surface area contributed by atoms with Gasteiger partial charge in [-0.25, -0.2) is 53.2 Å². The van der Waals surface area contributed by atoms with Gasteiger partial charge in [0.25, 0.3) is 34.4 Å². The zero-order chi connectivity index (χ0) is 85.7. The molecule has 5 amide bonds. The van der Waals surface area contributed by atoms with Crippen LogP contribution in [0.1, 0.15) is 150 Å². The number of anilines is 8. The van der Waals surface area contributed by atoms with Gasteiger partial charge < -0.3 is 74.6 Å². The fraction of sp³-hybridized carbons (Fsp3) is 0.405. The number of hydrogen-bond donors (Lipinski definition) is 7. The normalized spacial score (nSPS) is 17.2. The van der Waals surface area contributed by atoms with E-state index in [4.69, 9.17) is 54.3 Å². The second-order valence-electron chi connectivity index (χ2n) is 30.3. The second-order valence-corrected chi connectivity index (χ2v) is 30.7. The lowest BCUT2D eigenvalue weighted by Gasteiger charge is -2.28. The highest BCUT2D eigenvalue weighted by atomic mass is 35.5. The molecule has 0 radical (unpaired) electrons. The summed E-state index contributed by atoms with van der Waals surface area (Å²) in [5.41, 5.74) is 5.14. The molecule has 3 fully saturated rings. The van der Waals surface area contributed by atoms with Crippen LogP contribution in [0, 0.1) is 0 Å². The van der Waals surface area contributed by atoms with Crippen molar-refractivity contribution in [2.75, 3.05) is 74.0 Å². The summed E-state index contributed by atoms with van der Waals surface area (Å²) in [6, 6.07) is 14.9. The van der Waals surface area contributed by atoms with E-state index in [2.05, 4.69) is 77.1 Å². The number of nitrogen functional groups attached to an aromatic ring is 1. The third-order valence-electron chi connectivity index (χ3n) is 19.5. The molecule has 15 rings (SSSR count). The Morgan fingerprint density at radius 2 is 0.875 bits per heavy atom. The highest BCUT2D eigenvalue weighted by molar-refractivity contribution is 6.30. The number of hydrogen-bond acceptors (Lipinski definition) is 29. The smallest absolute Gasteiger partial charge is 0.415 e. The van der Waals surface area contributed by atoms with Crippen molar-refractivity contribution in [1.29, 1.82) is 0 Å². The lowest BCUT2D eigenvalue weighted by atomic mass is 9.92. The minimum absolute atomic E-state index is 0.0224. The van der Waals surface area contributed by atoms with Crippen LogP contribution in [0.4, 0.5) is 55.7 Å². The predicted octanol–water partition coefficient (Wildman–Crippen LogP) is 9.86. The van der Waals surface area contributed by atoms with Crippen LogP contribution < -0.4 is 64.1 Å². The van der Waals surface area contributed by atoms with E-state index >= 15 is 0 Å². The van der Waals surface area contributed by atoms with Crippen molar-refractivity contribution in [3.8, 4) is 18.0 Å². The molecule has 12 heterocycles. The maximum atomic E-state index is 13.4. The molecule has 12 aromatic heterocycles. The van der Waals surface area contributed by atoms with Gasteiger partial charge in [0.1, 0.15) is 92.3 Å². The number of nitrogens with zero attached hydrogens (tertiary/aromatic N) is 17. The van der Waals surface area contributed by atoms with Gasteiger partial charge >= 0.3 is 30.2 Å². The third-order valence-corrected chi connectivity index (χ3v) is 19.7. The molecule has 0 spiro atoms. The van der Waals surface area contributed by atoms with E-state index < -0.39 is 28.9 Å². The van der Waals surface area contributed by atoms with Crippen molar-refractivity contribution in [3.05, 3.63) is 182 Å². The molecule has 6 atom stereocenters. The standard InChI is InChI=1S/C28H34N8O6.C23H26N8O4.C20H28ClN5O4.C8H7N3O2/c1-28(2,3)42-27(39)34(4)22-15-21(32-20-10-7-12-35(25(20)38)26-29-11-13-41-26)33-23-19(16-30-36(22)23)24(37)31-17-8-6-9-18(14-17)40-5;1-24-19-12-18(28-17-7-4-9-30(22(17)33)23-25-8-10-35-23)29-20-16(13-26-31(19)20)21(32)27-14-5-3-6-15(11-14)34-2;1-20(2,3)30-19(28)25(4)16-10-15(21)24-17-14(11-22-26(16)17)18(27)23-12-7-6-8-13(9-12)29-5;9-6-2-1-4-11(7(6)12)8-10-3-5-13-8/h7,10-13,15-18H,6,8-9,14H2,1-5H3,(H,31,37)(H,32,33);4,7-10,12-15,24H,3,5-6,11H2,1-2H3,(H,27,32)(H,28,29);10-13H,6-9H2,1-5H3,(H,23,27);1-5H,9H2/t17?,18-;14?,15-;12?,13-;/m111./s1. The Labute approximate surface area is 691 Å². The number of nitrogens with two attached hydrogens (primary N) is 1. The summed E-state index contributed by atoms with van der Waals surface area (Å²) >= 11 is 6.19. The zero-order valence-corrected chi connectivity index (χ0v) is 68.9. The first-order valence-corrected chi connectivity index (χ1v) is 38.9. The SMILES string of the molecule is CNc1cc(Nc2cccn(-c3ncco3)c2=O)nc2c(C(=O)NC3CCC[C@@H](OC)C3)cnn12.CO[C@@H]1CCCC(NC(=O)c2cnn3c(N(C)C(=O)OC(C)(C)C)cc(Cl)nc23)C1.CO[C@@H]1CCCC(NC(=O)c2cnn3c(N(C)C(=O)OC(C)(C)C)cc(Nc4cccn(-c5ncco5)c4=O)nc23)C1.Nc1cccn(-c2ncco2)c1=O. The van der Waals surface area contributed by atoms with Crippen molar-refractivity contribution < 1.29 is 60.9 Å². The van der Waals surface area contributed by atoms with Gasteiger partial charge in [-0.2, -0.15) is 28.8 Å². The van der Waals surface area contributed by atoms with Gasteiger partial charge in [0, 0.05) is 97.4 Å². The molecule has 12 aromatic rings. The average molecular weight is 1670 g/mol. The number of halogens is 1. The molecule has 40 nitrogen and oxygen atoms in total. The van der Waals surface area contributed by atoms with Gasteiger partial charge in [0.2, 0.25) is 0 Å². The van der Waals surface area contributed by atoms with Crippen molar-refractivity contribution in [3.63, 3.8) is 0 Å². The summed E-state index contributed by atoms with van der Waals surface area (Å²) in [6.07, 6.45) is 27.4. The first-order valence-electron chi connectivity index (χ1n) is 38.6. The third kappa shape index (κ3) is 20.8. The van der Waals surface area contributed by atoms with Gasteiger partial charge in [-0.3, -0.25) is 38.6 Å². The van der Waals surface area contributed by atoms with E-state index in [1.165, 1.54) is 120 Å². The summed E-state index contributed by atoms with van der Waals surface area (Å²) in [5, 5.41) is 31.5. The maximum absolute atomic E-state index is 13.4. The van der Waals surface area contributed by atoms with E-state index in [1.807, 2.05) is 0 Å². The molecular formula is C79H95ClN24O16. The van der Waals surface area contributed by atoms with Crippen LogP contribution in [-0.4, -0.2) is 192 Å². The molecule has 0 bridgehead atoms. The molecule has 3 unspecified atom stereocenters. The van der Waals surface area contributed by atoms with Crippen molar-refractivity contribution in [2.45, 2.75) is 166 Å². The minimum Gasteiger partial charge on any atom is -0.443 e. The number of fused-ring (bicyclic) bond motifs is 3.